The molecule has 12 rings (SSSR count). The molecule has 0 aliphatic heterocycles. The minimum atomic E-state index is 1.08. The van der Waals surface area contributed by atoms with Gasteiger partial charge in [0.05, 0.1) is 22.1 Å². The molecule has 2 aromatic heterocycles. The average Bonchev–Trinajstić information content (AvgIpc) is 3.86. The molecule has 2 heterocycles. The number of nitrogens with zero attached hydrogens (tertiary/aromatic N) is 3. The van der Waals surface area contributed by atoms with E-state index in [1.807, 2.05) is 0 Å². The lowest BCUT2D eigenvalue weighted by Crippen LogP contribution is -2.10. The standard InChI is InChI=1S/C58H39N3/c1-2-17-43(18-3-1)61-57-30-11-8-24-53(57)54-27-14-26-50(58(54)61)42-33-37-45(38-34-42)59(44-35-31-41(32-36-44)49-25-12-16-40-15-4-5-21-48(40)49)46-19-13-20-47(39-46)60-55-28-9-6-22-51(55)52-23-7-10-29-56(52)60/h1-39H. The second kappa shape index (κ2) is 14.3. The van der Waals surface area contributed by atoms with E-state index in [4.69, 9.17) is 0 Å². The maximum atomic E-state index is 2.41. The van der Waals surface area contributed by atoms with E-state index in [1.165, 1.54) is 76.6 Å². The Hall–Kier alpha value is -8.14. The van der Waals surface area contributed by atoms with Gasteiger partial charge >= 0.3 is 0 Å². The summed E-state index contributed by atoms with van der Waals surface area (Å²) < 4.78 is 4.81. The number of rotatable bonds is 7. The van der Waals surface area contributed by atoms with Gasteiger partial charge in [-0.25, -0.2) is 0 Å². The third kappa shape index (κ3) is 5.74. The second-order valence-corrected chi connectivity index (χ2v) is 15.7. The Morgan fingerprint density at radius 1 is 0.279 bits per heavy atom. The Balaban J connectivity index is 1.02. The van der Waals surface area contributed by atoms with Crippen LogP contribution in [0.1, 0.15) is 0 Å². The fourth-order valence-corrected chi connectivity index (χ4v) is 9.57. The number of hydrogen-bond acceptors (Lipinski definition) is 1. The fourth-order valence-electron chi connectivity index (χ4n) is 9.57. The molecule has 0 aliphatic rings. The molecule has 0 fully saturated rings. The van der Waals surface area contributed by atoms with E-state index in [2.05, 4.69) is 251 Å². The molecule has 0 amide bonds. The molecule has 0 unspecified atom stereocenters. The largest absolute Gasteiger partial charge is 0.310 e. The molecule has 0 saturated heterocycles. The van der Waals surface area contributed by atoms with Crippen LogP contribution in [-0.4, -0.2) is 9.13 Å². The van der Waals surface area contributed by atoms with Crippen molar-refractivity contribution in [3.05, 3.63) is 237 Å². The number of para-hydroxylation sites is 5. The quantitative estimate of drug-likeness (QED) is 0.157. The monoisotopic (exact) mass is 777 g/mol. The summed E-state index contributed by atoms with van der Waals surface area (Å²) in [5.74, 6) is 0. The smallest absolute Gasteiger partial charge is 0.0619 e. The van der Waals surface area contributed by atoms with Gasteiger partial charge in [-0.2, -0.15) is 0 Å². The van der Waals surface area contributed by atoms with Crippen molar-refractivity contribution in [2.45, 2.75) is 0 Å². The van der Waals surface area contributed by atoms with Crippen molar-refractivity contribution in [1.29, 1.82) is 0 Å². The maximum Gasteiger partial charge on any atom is 0.0619 e. The molecule has 0 aliphatic carbocycles. The Labute approximate surface area is 354 Å². The van der Waals surface area contributed by atoms with Crippen molar-refractivity contribution in [3.8, 4) is 33.6 Å². The van der Waals surface area contributed by atoms with Gasteiger partial charge < -0.3 is 14.0 Å². The molecular formula is C58H39N3. The molecule has 3 nitrogen and oxygen atoms in total. The van der Waals surface area contributed by atoms with Gasteiger partial charge in [0.1, 0.15) is 0 Å². The highest BCUT2D eigenvalue weighted by atomic mass is 15.1. The Bertz CT molecular complexity index is 3520. The molecule has 0 spiro atoms. The summed E-state index contributed by atoms with van der Waals surface area (Å²) in [6, 6.07) is 85.9. The van der Waals surface area contributed by atoms with Crippen LogP contribution in [0.15, 0.2) is 237 Å². The minimum absolute atomic E-state index is 1.08. The lowest BCUT2D eigenvalue weighted by molar-refractivity contribution is 1.17. The fraction of sp³-hybridized carbons (Fsp3) is 0. The van der Waals surface area contributed by atoms with Crippen LogP contribution in [-0.2, 0) is 0 Å². The van der Waals surface area contributed by atoms with Gasteiger partial charge in [-0.05, 0) is 100 Å². The van der Waals surface area contributed by atoms with Gasteiger partial charge in [-0.3, -0.25) is 0 Å². The molecule has 12 aromatic rings. The molecule has 61 heavy (non-hydrogen) atoms. The zero-order valence-electron chi connectivity index (χ0n) is 33.4. The van der Waals surface area contributed by atoms with E-state index in [9.17, 15) is 0 Å². The van der Waals surface area contributed by atoms with Crippen molar-refractivity contribution >= 4 is 71.4 Å². The van der Waals surface area contributed by atoms with Crippen molar-refractivity contribution in [2.75, 3.05) is 4.90 Å². The molecular weight excluding hydrogens is 739 g/mol. The summed E-state index contributed by atoms with van der Waals surface area (Å²) >= 11 is 0. The third-order valence-corrected chi connectivity index (χ3v) is 12.3. The molecule has 10 aromatic carbocycles. The summed E-state index contributed by atoms with van der Waals surface area (Å²) in [6.07, 6.45) is 0. The summed E-state index contributed by atoms with van der Waals surface area (Å²) in [5.41, 5.74) is 15.1. The van der Waals surface area contributed by atoms with E-state index >= 15 is 0 Å². The van der Waals surface area contributed by atoms with Crippen LogP contribution in [0.3, 0.4) is 0 Å². The van der Waals surface area contributed by atoms with Gasteiger partial charge in [0, 0.05) is 55.5 Å². The van der Waals surface area contributed by atoms with E-state index in [-0.39, 0.29) is 0 Å². The van der Waals surface area contributed by atoms with Crippen LogP contribution in [0.2, 0.25) is 0 Å². The Kier molecular flexibility index (Phi) is 8.17. The molecule has 0 atom stereocenters. The molecule has 0 bridgehead atoms. The highest BCUT2D eigenvalue weighted by Crippen LogP contribution is 2.42. The predicted molar refractivity (Wildman–Crippen MR) is 258 cm³/mol. The Morgan fingerprint density at radius 3 is 1.41 bits per heavy atom. The lowest BCUT2D eigenvalue weighted by Gasteiger charge is -2.27. The zero-order valence-corrected chi connectivity index (χ0v) is 33.4. The normalized spacial score (nSPS) is 11.6. The van der Waals surface area contributed by atoms with Gasteiger partial charge in [0.2, 0.25) is 0 Å². The number of aromatic nitrogens is 2. The first kappa shape index (κ1) is 34.9. The van der Waals surface area contributed by atoms with E-state index in [1.54, 1.807) is 0 Å². The number of fused-ring (bicyclic) bond motifs is 7. The number of benzene rings is 10. The average molecular weight is 778 g/mol. The molecule has 0 N–H and O–H groups in total. The summed E-state index contributed by atoms with van der Waals surface area (Å²) in [4.78, 5) is 2.38. The third-order valence-electron chi connectivity index (χ3n) is 12.3. The highest BCUT2D eigenvalue weighted by molar-refractivity contribution is 6.14. The molecule has 0 radical (unpaired) electrons. The zero-order chi connectivity index (χ0) is 40.3. The predicted octanol–water partition coefficient (Wildman–Crippen LogP) is 15.8. The highest BCUT2D eigenvalue weighted by Gasteiger charge is 2.19. The van der Waals surface area contributed by atoms with Crippen molar-refractivity contribution in [1.82, 2.24) is 9.13 Å². The van der Waals surface area contributed by atoms with Gasteiger partial charge in [0.25, 0.3) is 0 Å². The number of hydrogen-bond donors (Lipinski definition) is 0. The van der Waals surface area contributed by atoms with Crippen molar-refractivity contribution in [3.63, 3.8) is 0 Å². The van der Waals surface area contributed by atoms with Crippen LogP contribution >= 0.6 is 0 Å². The molecule has 3 heteroatoms. The lowest BCUT2D eigenvalue weighted by atomic mass is 9.98. The second-order valence-electron chi connectivity index (χ2n) is 15.7. The summed E-state index contributed by atoms with van der Waals surface area (Å²) in [5, 5.41) is 7.50. The molecule has 286 valence electrons. The topological polar surface area (TPSA) is 13.1 Å². The van der Waals surface area contributed by atoms with Crippen molar-refractivity contribution in [2.24, 2.45) is 0 Å². The maximum absolute atomic E-state index is 2.41. The Morgan fingerprint density at radius 2 is 0.738 bits per heavy atom. The number of anilines is 3. The summed E-state index contributed by atoms with van der Waals surface area (Å²) in [7, 11) is 0. The summed E-state index contributed by atoms with van der Waals surface area (Å²) in [6.45, 7) is 0. The first-order valence-electron chi connectivity index (χ1n) is 20.9. The first-order valence-corrected chi connectivity index (χ1v) is 20.9. The van der Waals surface area contributed by atoms with Crippen LogP contribution in [0.4, 0.5) is 17.1 Å². The van der Waals surface area contributed by atoms with E-state index in [0.29, 0.717) is 0 Å². The van der Waals surface area contributed by atoms with Gasteiger partial charge in [-0.1, -0.05) is 164 Å². The van der Waals surface area contributed by atoms with Crippen LogP contribution in [0.5, 0.6) is 0 Å². The van der Waals surface area contributed by atoms with E-state index < -0.39 is 0 Å². The van der Waals surface area contributed by atoms with Crippen LogP contribution < -0.4 is 4.90 Å². The minimum Gasteiger partial charge on any atom is -0.310 e. The van der Waals surface area contributed by atoms with Crippen LogP contribution in [0.25, 0.3) is 88.0 Å². The van der Waals surface area contributed by atoms with Crippen LogP contribution in [0, 0.1) is 0 Å². The van der Waals surface area contributed by atoms with E-state index in [0.717, 1.165) is 28.4 Å². The molecule has 0 saturated carbocycles. The van der Waals surface area contributed by atoms with Gasteiger partial charge in [0.15, 0.2) is 0 Å². The van der Waals surface area contributed by atoms with Crippen molar-refractivity contribution < 1.29 is 0 Å². The first-order chi connectivity index (χ1) is 30.3. The SMILES string of the molecule is c1ccc(-n2c3ccccc3c3cccc(-c4ccc(N(c5ccc(-c6cccc7ccccc67)cc5)c5cccc(-n6c7ccccc7c7ccccc76)c5)cc4)c32)cc1. The van der Waals surface area contributed by atoms with Gasteiger partial charge in [-0.15, -0.1) is 0 Å².